The van der Waals surface area contributed by atoms with E-state index < -0.39 is 11.7 Å². The van der Waals surface area contributed by atoms with Gasteiger partial charge in [-0.3, -0.25) is 9.89 Å². The molecule has 2 aliphatic rings. The zero-order valence-corrected chi connectivity index (χ0v) is 15.1. The van der Waals surface area contributed by atoms with Crippen LogP contribution in [-0.2, 0) is 33.4 Å². The Balaban J connectivity index is 1.59. The zero-order valence-electron chi connectivity index (χ0n) is 15.1. The van der Waals surface area contributed by atoms with E-state index in [0.717, 1.165) is 23.4 Å². The van der Waals surface area contributed by atoms with Gasteiger partial charge in [-0.2, -0.15) is 18.3 Å². The SMILES string of the molecule is CC1=C(C(=O)N2CCc3[nH]nc(-c4ccc(C(F)(F)F)cc4)c3C2)OCCO1. The van der Waals surface area contributed by atoms with Crippen LogP contribution in [0.2, 0.25) is 0 Å². The van der Waals surface area contributed by atoms with Gasteiger partial charge in [0.2, 0.25) is 5.76 Å². The molecule has 1 N–H and O–H groups in total. The second-order valence-electron chi connectivity index (χ2n) is 6.66. The summed E-state index contributed by atoms with van der Waals surface area (Å²) in [6.07, 6.45) is -3.82. The maximum absolute atomic E-state index is 12.8. The van der Waals surface area contributed by atoms with Crippen molar-refractivity contribution in [1.29, 1.82) is 0 Å². The standard InChI is InChI=1S/C19H18F3N3O3/c1-11-17(28-9-8-27-11)18(26)25-7-6-15-14(10-25)16(24-23-15)12-2-4-13(5-3-12)19(20,21)22/h2-5H,6-10H2,1H3,(H,23,24). The zero-order chi connectivity index (χ0) is 19.9. The molecule has 0 saturated carbocycles. The molecule has 0 radical (unpaired) electrons. The van der Waals surface area contributed by atoms with Gasteiger partial charge in [0, 0.05) is 29.8 Å². The lowest BCUT2D eigenvalue weighted by atomic mass is 10.00. The normalized spacial score (nSPS) is 17.1. The van der Waals surface area contributed by atoms with Crippen molar-refractivity contribution in [3.63, 3.8) is 0 Å². The number of allylic oxidation sites excluding steroid dienone is 1. The van der Waals surface area contributed by atoms with Crippen molar-refractivity contribution in [3.8, 4) is 11.3 Å². The average molecular weight is 393 g/mol. The first-order valence-electron chi connectivity index (χ1n) is 8.84. The molecule has 0 aliphatic carbocycles. The van der Waals surface area contributed by atoms with Gasteiger partial charge in [0.05, 0.1) is 17.8 Å². The van der Waals surface area contributed by atoms with E-state index in [0.29, 0.717) is 49.7 Å². The molecule has 0 spiro atoms. The number of hydrogen-bond donors (Lipinski definition) is 1. The van der Waals surface area contributed by atoms with E-state index in [9.17, 15) is 18.0 Å². The van der Waals surface area contributed by atoms with Gasteiger partial charge in [-0.05, 0) is 19.1 Å². The Kier molecular flexibility index (Phi) is 4.52. The van der Waals surface area contributed by atoms with E-state index in [1.54, 1.807) is 11.8 Å². The number of alkyl halides is 3. The molecule has 28 heavy (non-hydrogen) atoms. The second-order valence-corrected chi connectivity index (χ2v) is 6.66. The highest BCUT2D eigenvalue weighted by Crippen LogP contribution is 2.33. The summed E-state index contributed by atoms with van der Waals surface area (Å²) in [6, 6.07) is 4.85. The summed E-state index contributed by atoms with van der Waals surface area (Å²) in [5.74, 6) is 0.397. The Bertz CT molecular complexity index is 932. The number of nitrogens with one attached hydrogen (secondary N) is 1. The fourth-order valence-corrected chi connectivity index (χ4v) is 3.39. The van der Waals surface area contributed by atoms with Crippen molar-refractivity contribution in [2.45, 2.75) is 26.1 Å². The third-order valence-electron chi connectivity index (χ3n) is 4.87. The van der Waals surface area contributed by atoms with Crippen LogP contribution in [0, 0.1) is 0 Å². The summed E-state index contributed by atoms with van der Waals surface area (Å²) >= 11 is 0. The third kappa shape index (κ3) is 3.32. The number of hydrogen-bond acceptors (Lipinski definition) is 4. The molecular weight excluding hydrogens is 375 g/mol. The number of fused-ring (bicyclic) bond motifs is 1. The number of H-pyrrole nitrogens is 1. The Hall–Kier alpha value is -2.97. The number of aromatic amines is 1. The van der Waals surface area contributed by atoms with Crippen LogP contribution in [0.1, 0.15) is 23.7 Å². The monoisotopic (exact) mass is 393 g/mol. The Morgan fingerprint density at radius 1 is 1.18 bits per heavy atom. The molecule has 1 amide bonds. The van der Waals surface area contributed by atoms with Gasteiger partial charge in [0.25, 0.3) is 5.91 Å². The minimum Gasteiger partial charge on any atom is -0.491 e. The van der Waals surface area contributed by atoms with Crippen LogP contribution in [0.25, 0.3) is 11.3 Å². The minimum atomic E-state index is -4.39. The molecule has 0 bridgehead atoms. The number of benzene rings is 1. The van der Waals surface area contributed by atoms with Gasteiger partial charge in [-0.15, -0.1) is 0 Å². The van der Waals surface area contributed by atoms with Gasteiger partial charge < -0.3 is 14.4 Å². The van der Waals surface area contributed by atoms with Gasteiger partial charge >= 0.3 is 6.18 Å². The third-order valence-corrected chi connectivity index (χ3v) is 4.87. The molecule has 2 aromatic rings. The molecule has 0 atom stereocenters. The molecule has 4 rings (SSSR count). The number of nitrogens with zero attached hydrogens (tertiary/aromatic N) is 2. The maximum atomic E-state index is 12.8. The number of carbonyl (C=O) groups excluding carboxylic acids is 1. The molecule has 148 valence electrons. The quantitative estimate of drug-likeness (QED) is 0.851. The first kappa shape index (κ1) is 18.4. The topological polar surface area (TPSA) is 67.5 Å². The second kappa shape index (κ2) is 6.88. The predicted molar refractivity (Wildman–Crippen MR) is 92.8 cm³/mol. The maximum Gasteiger partial charge on any atom is 0.416 e. The Morgan fingerprint density at radius 2 is 1.89 bits per heavy atom. The van der Waals surface area contributed by atoms with E-state index in [-0.39, 0.29) is 11.7 Å². The fraction of sp³-hybridized carbons (Fsp3) is 0.368. The van der Waals surface area contributed by atoms with Crippen molar-refractivity contribution in [2.24, 2.45) is 0 Å². The summed E-state index contributed by atoms with van der Waals surface area (Å²) in [4.78, 5) is 14.4. The van der Waals surface area contributed by atoms with E-state index in [2.05, 4.69) is 10.2 Å². The molecule has 2 aliphatic heterocycles. The van der Waals surface area contributed by atoms with Crippen LogP contribution in [0.3, 0.4) is 0 Å². The van der Waals surface area contributed by atoms with Gasteiger partial charge in [-0.25, -0.2) is 0 Å². The molecular formula is C19H18F3N3O3. The van der Waals surface area contributed by atoms with E-state index in [4.69, 9.17) is 9.47 Å². The molecule has 0 fully saturated rings. The molecule has 3 heterocycles. The predicted octanol–water partition coefficient (Wildman–Crippen LogP) is 3.26. The van der Waals surface area contributed by atoms with Crippen molar-refractivity contribution < 1.29 is 27.4 Å². The first-order valence-corrected chi connectivity index (χ1v) is 8.84. The molecule has 0 unspecified atom stereocenters. The minimum absolute atomic E-state index is 0.203. The number of ether oxygens (including phenoxy) is 2. The molecule has 1 aromatic carbocycles. The first-order chi connectivity index (χ1) is 13.3. The smallest absolute Gasteiger partial charge is 0.416 e. The van der Waals surface area contributed by atoms with Crippen molar-refractivity contribution in [2.75, 3.05) is 19.8 Å². The molecule has 6 nitrogen and oxygen atoms in total. The highest BCUT2D eigenvalue weighted by atomic mass is 19.4. The molecule has 9 heteroatoms. The highest BCUT2D eigenvalue weighted by molar-refractivity contribution is 5.92. The van der Waals surface area contributed by atoms with Gasteiger partial charge in [0.15, 0.2) is 0 Å². The Morgan fingerprint density at radius 3 is 2.57 bits per heavy atom. The van der Waals surface area contributed by atoms with Crippen LogP contribution in [-0.4, -0.2) is 40.8 Å². The van der Waals surface area contributed by atoms with Crippen LogP contribution < -0.4 is 0 Å². The lowest BCUT2D eigenvalue weighted by Crippen LogP contribution is -2.38. The molecule has 1 aromatic heterocycles. The number of halogens is 3. The van der Waals surface area contributed by atoms with Crippen LogP contribution in [0.4, 0.5) is 13.2 Å². The Labute approximate surface area is 158 Å². The lowest BCUT2D eigenvalue weighted by molar-refractivity contribution is -0.137. The summed E-state index contributed by atoms with van der Waals surface area (Å²) in [5, 5.41) is 7.21. The van der Waals surface area contributed by atoms with Crippen molar-refractivity contribution >= 4 is 5.91 Å². The number of aromatic nitrogens is 2. The van der Waals surface area contributed by atoms with E-state index in [1.807, 2.05) is 0 Å². The summed E-state index contributed by atoms with van der Waals surface area (Å²) in [7, 11) is 0. The van der Waals surface area contributed by atoms with Crippen molar-refractivity contribution in [1.82, 2.24) is 15.1 Å². The summed E-state index contributed by atoms with van der Waals surface area (Å²) in [6.45, 7) is 3.20. The number of carbonyl (C=O) groups is 1. The fourth-order valence-electron chi connectivity index (χ4n) is 3.39. The average Bonchev–Trinajstić information content (AvgIpc) is 3.10. The van der Waals surface area contributed by atoms with Crippen LogP contribution in [0.15, 0.2) is 35.8 Å². The summed E-state index contributed by atoms with van der Waals surface area (Å²) < 4.78 is 49.2. The van der Waals surface area contributed by atoms with Crippen LogP contribution in [0.5, 0.6) is 0 Å². The molecule has 0 saturated heterocycles. The largest absolute Gasteiger partial charge is 0.491 e. The number of rotatable bonds is 2. The van der Waals surface area contributed by atoms with Crippen LogP contribution >= 0.6 is 0 Å². The van der Waals surface area contributed by atoms with E-state index in [1.165, 1.54) is 12.1 Å². The lowest BCUT2D eigenvalue weighted by Gasteiger charge is -2.29. The highest BCUT2D eigenvalue weighted by Gasteiger charge is 2.32. The van der Waals surface area contributed by atoms with Crippen molar-refractivity contribution in [3.05, 3.63) is 52.6 Å². The number of amides is 1. The summed E-state index contributed by atoms with van der Waals surface area (Å²) in [5.41, 5.74) is 2.08. The van der Waals surface area contributed by atoms with Gasteiger partial charge in [0.1, 0.15) is 19.0 Å². The van der Waals surface area contributed by atoms with E-state index >= 15 is 0 Å². The van der Waals surface area contributed by atoms with Gasteiger partial charge in [-0.1, -0.05) is 12.1 Å².